The molecule has 2 N–H and O–H groups in total. The van der Waals surface area contributed by atoms with Gasteiger partial charge in [0.05, 0.1) is 22.6 Å². The first-order chi connectivity index (χ1) is 15.0. The molecule has 0 amide bonds. The third-order valence-electron chi connectivity index (χ3n) is 6.39. The summed E-state index contributed by atoms with van der Waals surface area (Å²) in [6, 6.07) is 19.3. The number of fused-ring (bicyclic) bond motifs is 3. The lowest BCUT2D eigenvalue weighted by Gasteiger charge is -2.40. The van der Waals surface area contributed by atoms with E-state index in [0.29, 0.717) is 22.4 Å². The lowest BCUT2D eigenvalue weighted by molar-refractivity contribution is -0.153. The molecule has 1 fully saturated rings. The van der Waals surface area contributed by atoms with Gasteiger partial charge in [-0.1, -0.05) is 54.1 Å². The summed E-state index contributed by atoms with van der Waals surface area (Å²) in [6.07, 6.45) is 0.540. The quantitative estimate of drug-likeness (QED) is 0.616. The molecular formula is C24H17ClN2O4. The van der Waals surface area contributed by atoms with Crippen molar-refractivity contribution in [2.24, 2.45) is 5.92 Å². The lowest BCUT2D eigenvalue weighted by atomic mass is 9.71. The number of carbonyl (C=O) groups is 1. The Labute approximate surface area is 183 Å². The maximum atomic E-state index is 12.2. The minimum absolute atomic E-state index is 0.124. The molecule has 2 aliphatic rings. The average molecular weight is 433 g/mol. The molecule has 0 saturated heterocycles. The van der Waals surface area contributed by atoms with E-state index in [4.69, 9.17) is 16.3 Å². The Kier molecular flexibility index (Phi) is 4.38. The summed E-state index contributed by atoms with van der Waals surface area (Å²) in [7, 11) is 0. The first kappa shape index (κ1) is 19.7. The average Bonchev–Trinajstić information content (AvgIpc) is 3.16. The van der Waals surface area contributed by atoms with Crippen LogP contribution in [0, 0.1) is 17.2 Å². The number of nitrogens with zero attached hydrogens (tertiary/aromatic N) is 2. The largest absolute Gasteiger partial charge is 0.476 e. The molecule has 5 atom stereocenters. The molecule has 1 saturated carbocycles. The van der Waals surface area contributed by atoms with Crippen LogP contribution in [0.3, 0.4) is 0 Å². The third-order valence-corrected chi connectivity index (χ3v) is 6.60. The number of pyridine rings is 1. The second kappa shape index (κ2) is 6.89. The van der Waals surface area contributed by atoms with Crippen LogP contribution in [0.4, 0.5) is 0 Å². The second-order valence-electron chi connectivity index (χ2n) is 7.84. The highest BCUT2D eigenvalue weighted by molar-refractivity contribution is 6.30. The molecule has 5 rings (SSSR count). The van der Waals surface area contributed by atoms with Crippen LogP contribution in [-0.2, 0) is 16.0 Å². The highest BCUT2D eigenvalue weighted by atomic mass is 35.5. The van der Waals surface area contributed by atoms with Crippen LogP contribution in [0.1, 0.15) is 28.3 Å². The van der Waals surface area contributed by atoms with Gasteiger partial charge in [-0.2, -0.15) is 5.26 Å². The van der Waals surface area contributed by atoms with Gasteiger partial charge in [0.25, 0.3) is 0 Å². The minimum Gasteiger partial charge on any atom is -0.476 e. The Balaban J connectivity index is 1.85. The van der Waals surface area contributed by atoms with Crippen LogP contribution >= 0.6 is 11.6 Å². The van der Waals surface area contributed by atoms with E-state index in [9.17, 15) is 20.3 Å². The van der Waals surface area contributed by atoms with E-state index in [1.54, 1.807) is 24.3 Å². The van der Waals surface area contributed by atoms with Gasteiger partial charge in [0.2, 0.25) is 0 Å². The maximum absolute atomic E-state index is 12.2. The summed E-state index contributed by atoms with van der Waals surface area (Å²) >= 11 is 6.12. The molecule has 1 aliphatic carbocycles. The fourth-order valence-corrected chi connectivity index (χ4v) is 5.27. The molecule has 1 aliphatic heterocycles. The molecule has 7 heteroatoms. The van der Waals surface area contributed by atoms with E-state index in [0.717, 1.165) is 5.56 Å². The predicted molar refractivity (Wildman–Crippen MR) is 111 cm³/mol. The second-order valence-corrected chi connectivity index (χ2v) is 8.28. The van der Waals surface area contributed by atoms with Gasteiger partial charge in [-0.05, 0) is 23.3 Å². The first-order valence-corrected chi connectivity index (χ1v) is 10.1. The van der Waals surface area contributed by atoms with Gasteiger partial charge in [-0.25, -0.2) is 0 Å². The van der Waals surface area contributed by atoms with Gasteiger partial charge >= 0.3 is 0 Å². The number of benzene rings is 2. The van der Waals surface area contributed by atoms with Gasteiger partial charge in [0, 0.05) is 18.2 Å². The molecule has 0 unspecified atom stereocenters. The summed E-state index contributed by atoms with van der Waals surface area (Å²) in [5.74, 6) is -1.45. The van der Waals surface area contributed by atoms with Crippen LogP contribution in [0.25, 0.3) is 0 Å². The van der Waals surface area contributed by atoms with E-state index in [-0.39, 0.29) is 11.4 Å². The summed E-state index contributed by atoms with van der Waals surface area (Å²) in [6.45, 7) is 0. The van der Waals surface area contributed by atoms with Gasteiger partial charge in [0.15, 0.2) is 11.2 Å². The zero-order chi connectivity index (χ0) is 21.8. The number of hydrogen-bond donors (Lipinski definition) is 2. The zero-order valence-electron chi connectivity index (χ0n) is 16.1. The standard InChI is InChI=1S/C24H17ClN2O4/c25-17-10-19-21(27-12-17)23(30)22(29)18(13-28)20(15-4-2-1-3-5-15)24(23,31-19)16-8-6-14(11-26)7-9-16/h1-10,12-13,18,20,22,29-30H/t18-,20-,22-,23+,24+/m1/s1. The van der Waals surface area contributed by atoms with Crippen molar-refractivity contribution in [3.63, 3.8) is 0 Å². The van der Waals surface area contributed by atoms with E-state index < -0.39 is 29.1 Å². The number of carbonyl (C=O) groups excluding carboxylic acids is 1. The van der Waals surface area contributed by atoms with E-state index in [2.05, 4.69) is 11.1 Å². The summed E-state index contributed by atoms with van der Waals surface area (Å²) in [4.78, 5) is 16.5. The Morgan fingerprint density at radius 3 is 2.52 bits per heavy atom. The van der Waals surface area contributed by atoms with Crippen molar-refractivity contribution in [1.29, 1.82) is 5.26 Å². The maximum Gasteiger partial charge on any atom is 0.181 e. The number of rotatable bonds is 3. The number of aldehydes is 1. The molecule has 0 bridgehead atoms. The Morgan fingerprint density at radius 2 is 1.87 bits per heavy atom. The summed E-state index contributed by atoms with van der Waals surface area (Å²) in [5, 5.41) is 32.9. The highest BCUT2D eigenvalue weighted by Gasteiger charge is 2.76. The van der Waals surface area contributed by atoms with Crippen LogP contribution in [0.2, 0.25) is 5.02 Å². The third kappa shape index (κ3) is 2.45. The van der Waals surface area contributed by atoms with Crippen LogP contribution in [0.5, 0.6) is 5.75 Å². The molecule has 2 aromatic carbocycles. The summed E-state index contributed by atoms with van der Waals surface area (Å²) < 4.78 is 6.43. The van der Waals surface area contributed by atoms with Crippen molar-refractivity contribution in [2.75, 3.05) is 0 Å². The molecule has 1 aromatic heterocycles. The van der Waals surface area contributed by atoms with Gasteiger partial charge < -0.3 is 19.7 Å². The van der Waals surface area contributed by atoms with Crippen LogP contribution in [-0.4, -0.2) is 27.6 Å². The predicted octanol–water partition coefficient (Wildman–Crippen LogP) is 3.06. The number of nitriles is 1. The number of aliphatic hydroxyl groups excluding tert-OH is 1. The molecule has 3 aromatic rings. The van der Waals surface area contributed by atoms with Crippen molar-refractivity contribution < 1.29 is 19.7 Å². The fourth-order valence-electron chi connectivity index (χ4n) is 5.13. The first-order valence-electron chi connectivity index (χ1n) is 9.73. The fraction of sp³-hybridized carbons (Fsp3) is 0.208. The Bertz CT molecular complexity index is 1210. The lowest BCUT2D eigenvalue weighted by Crippen LogP contribution is -2.52. The number of aromatic nitrogens is 1. The Hall–Kier alpha value is -3.24. The topological polar surface area (TPSA) is 103 Å². The van der Waals surface area contributed by atoms with Crippen molar-refractivity contribution in [2.45, 2.75) is 23.2 Å². The molecule has 2 heterocycles. The zero-order valence-corrected chi connectivity index (χ0v) is 16.9. The van der Waals surface area contributed by atoms with Crippen molar-refractivity contribution in [3.8, 4) is 11.8 Å². The molecule has 154 valence electrons. The number of halogens is 1. The molecule has 0 spiro atoms. The normalized spacial score (nSPS) is 30.7. The SMILES string of the molecule is N#Cc1ccc([C@@]23Oc4cc(Cl)cnc4[C@]2(O)[C@H](O)[C@H](C=O)[C@H]3c2ccccc2)cc1. The van der Waals surface area contributed by atoms with Gasteiger partial charge in [0.1, 0.15) is 23.8 Å². The molecule has 31 heavy (non-hydrogen) atoms. The molecule has 6 nitrogen and oxygen atoms in total. The highest BCUT2D eigenvalue weighted by Crippen LogP contribution is 2.67. The van der Waals surface area contributed by atoms with E-state index >= 15 is 0 Å². The van der Waals surface area contributed by atoms with Gasteiger partial charge in [-0.15, -0.1) is 0 Å². The van der Waals surface area contributed by atoms with Crippen molar-refractivity contribution in [1.82, 2.24) is 4.98 Å². The smallest absolute Gasteiger partial charge is 0.181 e. The van der Waals surface area contributed by atoms with Crippen LogP contribution < -0.4 is 4.74 Å². The Morgan fingerprint density at radius 1 is 1.16 bits per heavy atom. The number of hydrogen-bond acceptors (Lipinski definition) is 6. The molecular weight excluding hydrogens is 416 g/mol. The van der Waals surface area contributed by atoms with E-state index in [1.807, 2.05) is 30.3 Å². The minimum atomic E-state index is -2.02. The monoisotopic (exact) mass is 432 g/mol. The van der Waals surface area contributed by atoms with E-state index in [1.165, 1.54) is 12.3 Å². The van der Waals surface area contributed by atoms with Gasteiger partial charge in [-0.3, -0.25) is 4.98 Å². The van der Waals surface area contributed by atoms with Crippen molar-refractivity contribution >= 4 is 17.9 Å². The number of ether oxygens (including phenoxy) is 1. The van der Waals surface area contributed by atoms with Crippen LogP contribution in [0.15, 0.2) is 66.9 Å². The summed E-state index contributed by atoms with van der Waals surface area (Å²) in [5.41, 5.74) is -1.79. The number of aliphatic hydroxyl groups is 2. The molecule has 0 radical (unpaired) electrons. The van der Waals surface area contributed by atoms with Crippen molar-refractivity contribution in [3.05, 3.63) is 94.3 Å².